The molecule has 106 valence electrons. The van der Waals surface area contributed by atoms with E-state index < -0.39 is 5.91 Å². The smallest absolute Gasteiger partial charge is 0.315 e. The summed E-state index contributed by atoms with van der Waals surface area (Å²) in [5, 5.41) is 0. The van der Waals surface area contributed by atoms with Crippen LogP contribution in [-0.4, -0.2) is 17.3 Å². The van der Waals surface area contributed by atoms with Crippen molar-refractivity contribution < 1.29 is 18.7 Å². The fraction of sp³-hybridized carbons (Fsp3) is 0.143. The minimum Gasteiger partial charge on any atom is -0.459 e. The molecule has 0 N–H and O–H groups in total. The average Bonchev–Trinajstić information content (AvgIpc) is 3.19. The Morgan fingerprint density at radius 3 is 2.90 bits per heavy atom. The summed E-state index contributed by atoms with van der Waals surface area (Å²) < 4.78 is 18.6. The molecule has 3 heterocycles. The van der Waals surface area contributed by atoms with Crippen LogP contribution in [0.15, 0.2) is 39.9 Å². The number of rotatable bonds is 1. The van der Waals surface area contributed by atoms with Gasteiger partial charge in [-0.05, 0) is 12.1 Å². The third-order valence-corrected chi connectivity index (χ3v) is 4.33. The zero-order valence-corrected chi connectivity index (χ0v) is 11.8. The van der Waals surface area contributed by atoms with Gasteiger partial charge in [0.2, 0.25) is 6.79 Å². The Labute approximate surface area is 122 Å². The number of carbonyl (C=O) groups excluding carboxylic acids is 1. The second kappa shape index (κ2) is 4.49. The molecule has 0 atom stereocenters. The highest BCUT2D eigenvalue weighted by Gasteiger charge is 2.17. The molecule has 1 aromatic carbocycles. The first-order chi connectivity index (χ1) is 10.2. The van der Waals surface area contributed by atoms with Crippen molar-refractivity contribution in [2.24, 2.45) is 12.0 Å². The van der Waals surface area contributed by atoms with E-state index in [-0.39, 0.29) is 12.6 Å². The molecular formula is C14H10N2O4S. The normalized spacial score (nSPS) is 14.0. The van der Waals surface area contributed by atoms with Gasteiger partial charge >= 0.3 is 5.91 Å². The number of thiazole rings is 1. The SMILES string of the molecule is Cn1c(=NC(=O)c2ccco2)sc2cc3c(cc21)OCO3. The molecule has 1 aliphatic heterocycles. The van der Waals surface area contributed by atoms with Crippen LogP contribution in [0.3, 0.4) is 0 Å². The highest BCUT2D eigenvalue weighted by Crippen LogP contribution is 2.36. The lowest BCUT2D eigenvalue weighted by Crippen LogP contribution is -2.13. The van der Waals surface area contributed by atoms with E-state index in [1.165, 1.54) is 17.6 Å². The van der Waals surface area contributed by atoms with E-state index in [1.807, 2.05) is 23.7 Å². The van der Waals surface area contributed by atoms with Crippen molar-refractivity contribution in [2.45, 2.75) is 0 Å². The number of aryl methyl sites for hydroxylation is 1. The Bertz CT molecular complexity index is 905. The van der Waals surface area contributed by atoms with E-state index in [0.717, 1.165) is 10.2 Å². The summed E-state index contributed by atoms with van der Waals surface area (Å²) >= 11 is 1.41. The lowest BCUT2D eigenvalue weighted by Gasteiger charge is -1.98. The van der Waals surface area contributed by atoms with Crippen LogP contribution in [0, 0.1) is 0 Å². The van der Waals surface area contributed by atoms with E-state index in [2.05, 4.69) is 4.99 Å². The summed E-state index contributed by atoms with van der Waals surface area (Å²) in [4.78, 5) is 16.7. The monoisotopic (exact) mass is 302 g/mol. The first kappa shape index (κ1) is 12.2. The molecule has 0 unspecified atom stereocenters. The molecule has 7 heteroatoms. The maximum atomic E-state index is 12.0. The van der Waals surface area contributed by atoms with Crippen LogP contribution in [0.4, 0.5) is 0 Å². The van der Waals surface area contributed by atoms with Crippen molar-refractivity contribution in [3.8, 4) is 11.5 Å². The van der Waals surface area contributed by atoms with Gasteiger partial charge in [0.1, 0.15) is 0 Å². The van der Waals surface area contributed by atoms with Crippen molar-refractivity contribution in [1.82, 2.24) is 4.57 Å². The van der Waals surface area contributed by atoms with E-state index in [0.29, 0.717) is 16.3 Å². The Balaban J connectivity index is 1.87. The molecule has 0 bridgehead atoms. The van der Waals surface area contributed by atoms with Gasteiger partial charge in [0, 0.05) is 19.2 Å². The maximum Gasteiger partial charge on any atom is 0.315 e. The number of hydrogen-bond donors (Lipinski definition) is 0. The minimum absolute atomic E-state index is 0.224. The number of benzene rings is 1. The van der Waals surface area contributed by atoms with E-state index in [9.17, 15) is 4.79 Å². The van der Waals surface area contributed by atoms with Crippen molar-refractivity contribution in [3.05, 3.63) is 41.1 Å². The highest BCUT2D eigenvalue weighted by molar-refractivity contribution is 7.16. The van der Waals surface area contributed by atoms with Crippen LogP contribution in [0.1, 0.15) is 10.6 Å². The Hall–Kier alpha value is -2.54. The molecule has 0 saturated heterocycles. The van der Waals surface area contributed by atoms with E-state index in [4.69, 9.17) is 13.9 Å². The number of carbonyl (C=O) groups is 1. The molecule has 0 saturated carbocycles. The fourth-order valence-corrected chi connectivity index (χ4v) is 3.19. The number of amides is 1. The molecule has 0 fully saturated rings. The van der Waals surface area contributed by atoms with Crippen LogP contribution < -0.4 is 14.3 Å². The molecule has 3 aromatic rings. The average molecular weight is 302 g/mol. The lowest BCUT2D eigenvalue weighted by molar-refractivity contribution is 0.0971. The van der Waals surface area contributed by atoms with Crippen LogP contribution in [-0.2, 0) is 7.05 Å². The Morgan fingerprint density at radius 2 is 2.14 bits per heavy atom. The Kier molecular flexibility index (Phi) is 2.61. The number of ether oxygens (including phenoxy) is 2. The molecule has 0 aliphatic carbocycles. The largest absolute Gasteiger partial charge is 0.459 e. The van der Waals surface area contributed by atoms with Gasteiger partial charge in [-0.1, -0.05) is 11.3 Å². The third-order valence-electron chi connectivity index (χ3n) is 3.23. The van der Waals surface area contributed by atoms with Gasteiger partial charge in [0.05, 0.1) is 16.5 Å². The molecule has 1 amide bonds. The molecule has 21 heavy (non-hydrogen) atoms. The summed E-state index contributed by atoms with van der Waals surface area (Å²) in [7, 11) is 1.86. The van der Waals surface area contributed by atoms with Crippen LogP contribution in [0.25, 0.3) is 10.2 Å². The summed E-state index contributed by atoms with van der Waals surface area (Å²) in [6.07, 6.45) is 1.45. The van der Waals surface area contributed by atoms with Crippen molar-refractivity contribution in [1.29, 1.82) is 0 Å². The van der Waals surface area contributed by atoms with E-state index in [1.54, 1.807) is 12.1 Å². The first-order valence-corrected chi connectivity index (χ1v) is 7.06. The minimum atomic E-state index is -0.401. The standard InChI is InChI=1S/C14H10N2O4S/c1-16-8-5-10-11(20-7-19-10)6-12(8)21-14(16)15-13(17)9-3-2-4-18-9/h2-6H,7H2,1H3. The van der Waals surface area contributed by atoms with Crippen molar-refractivity contribution in [3.63, 3.8) is 0 Å². The van der Waals surface area contributed by atoms with Crippen LogP contribution in [0.5, 0.6) is 11.5 Å². The first-order valence-electron chi connectivity index (χ1n) is 6.24. The topological polar surface area (TPSA) is 66.0 Å². The predicted molar refractivity (Wildman–Crippen MR) is 75.5 cm³/mol. The highest BCUT2D eigenvalue weighted by atomic mass is 32.1. The molecule has 2 aromatic heterocycles. The zero-order chi connectivity index (χ0) is 14.4. The van der Waals surface area contributed by atoms with Crippen molar-refractivity contribution in [2.75, 3.05) is 6.79 Å². The van der Waals surface area contributed by atoms with Gasteiger partial charge in [-0.15, -0.1) is 0 Å². The molecule has 0 spiro atoms. The summed E-state index contributed by atoms with van der Waals surface area (Å²) in [6.45, 7) is 0.241. The van der Waals surface area contributed by atoms with Gasteiger partial charge in [-0.3, -0.25) is 4.79 Å². The van der Waals surface area contributed by atoms with Crippen molar-refractivity contribution >= 4 is 27.5 Å². The van der Waals surface area contributed by atoms with Gasteiger partial charge in [0.15, 0.2) is 22.1 Å². The van der Waals surface area contributed by atoms with Gasteiger partial charge in [-0.25, -0.2) is 0 Å². The lowest BCUT2D eigenvalue weighted by atomic mass is 10.3. The quantitative estimate of drug-likeness (QED) is 0.692. The molecule has 4 rings (SSSR count). The summed E-state index contributed by atoms with van der Waals surface area (Å²) in [6, 6.07) is 7.05. The second-order valence-electron chi connectivity index (χ2n) is 4.51. The summed E-state index contributed by atoms with van der Waals surface area (Å²) in [5.74, 6) is 1.25. The van der Waals surface area contributed by atoms with Gasteiger partial charge in [0.25, 0.3) is 0 Å². The Morgan fingerprint density at radius 1 is 1.33 bits per heavy atom. The number of hydrogen-bond acceptors (Lipinski definition) is 5. The molecule has 6 nitrogen and oxygen atoms in total. The number of fused-ring (bicyclic) bond motifs is 2. The van der Waals surface area contributed by atoms with Crippen LogP contribution >= 0.6 is 11.3 Å². The summed E-state index contributed by atoms with van der Waals surface area (Å²) in [5.41, 5.74) is 0.940. The third kappa shape index (κ3) is 1.93. The van der Waals surface area contributed by atoms with Gasteiger partial charge in [-0.2, -0.15) is 4.99 Å². The number of nitrogens with zero attached hydrogens (tertiary/aromatic N) is 2. The molecular weight excluding hydrogens is 292 g/mol. The molecule has 0 radical (unpaired) electrons. The van der Waals surface area contributed by atoms with Gasteiger partial charge < -0.3 is 18.5 Å². The number of aromatic nitrogens is 1. The maximum absolute atomic E-state index is 12.0. The van der Waals surface area contributed by atoms with Crippen LogP contribution in [0.2, 0.25) is 0 Å². The predicted octanol–water partition coefficient (Wildman–Crippen LogP) is 2.30. The fourth-order valence-electron chi connectivity index (χ4n) is 2.17. The number of furan rings is 1. The second-order valence-corrected chi connectivity index (χ2v) is 5.52. The molecule has 1 aliphatic rings. The zero-order valence-electron chi connectivity index (χ0n) is 11.0. The van der Waals surface area contributed by atoms with E-state index >= 15 is 0 Å².